The Kier molecular flexibility index (Phi) is 14.4. The quantitative estimate of drug-likeness (QED) is 0.119. The van der Waals surface area contributed by atoms with Crippen LogP contribution in [-0.4, -0.2) is 58.9 Å². The summed E-state index contributed by atoms with van der Waals surface area (Å²) < 4.78 is 41.5. The van der Waals surface area contributed by atoms with Crippen molar-refractivity contribution >= 4 is 27.9 Å². The van der Waals surface area contributed by atoms with Crippen LogP contribution in [0.2, 0.25) is 0 Å². The maximum absolute atomic E-state index is 13.1. The summed E-state index contributed by atoms with van der Waals surface area (Å²) in [6.07, 6.45) is -0.0977. The molecule has 2 unspecified atom stereocenters. The van der Waals surface area contributed by atoms with E-state index in [1.807, 2.05) is 0 Å². The zero-order chi connectivity index (χ0) is 27.0. The topological polar surface area (TPSA) is 188 Å². The van der Waals surface area contributed by atoms with Crippen molar-refractivity contribution in [1.29, 1.82) is 0 Å². The molecule has 0 fully saturated rings. The van der Waals surface area contributed by atoms with Crippen LogP contribution >= 0.6 is 0 Å². The van der Waals surface area contributed by atoms with Gasteiger partial charge in [0.25, 0.3) is 4.93 Å². The number of carbonyl (C=O) groups is 3. The minimum Gasteiger partial charge on any atom is -0.745 e. The first-order valence-electron chi connectivity index (χ1n) is 11.3. The molecular formula is C23H36N3NaO8S. The maximum atomic E-state index is 13.1. The monoisotopic (exact) mass is 537 g/mol. The van der Waals surface area contributed by atoms with Crippen LogP contribution in [0.1, 0.15) is 53.0 Å². The number of amides is 2. The Morgan fingerprint density at radius 3 is 1.97 bits per heavy atom. The fourth-order valence-corrected chi connectivity index (χ4v) is 4.08. The third-order valence-corrected chi connectivity index (χ3v) is 6.35. The molecular weight excluding hydrogens is 501 g/mol. The van der Waals surface area contributed by atoms with Gasteiger partial charge in [0.05, 0.1) is 12.1 Å². The second-order valence-electron chi connectivity index (χ2n) is 9.38. The summed E-state index contributed by atoms with van der Waals surface area (Å²) in [5.74, 6) is -3.63. The third kappa shape index (κ3) is 10.1. The van der Waals surface area contributed by atoms with Crippen LogP contribution in [0.4, 0.5) is 0 Å². The normalized spacial score (nSPS) is 15.7. The van der Waals surface area contributed by atoms with Crippen molar-refractivity contribution in [2.75, 3.05) is 0 Å². The van der Waals surface area contributed by atoms with Crippen molar-refractivity contribution < 1.29 is 66.8 Å². The first kappa shape index (κ1) is 34.5. The molecule has 11 nitrogen and oxygen atoms in total. The van der Waals surface area contributed by atoms with Gasteiger partial charge >= 0.3 is 35.5 Å². The summed E-state index contributed by atoms with van der Waals surface area (Å²) in [7, 11) is -5.73. The molecule has 0 aliphatic heterocycles. The number of esters is 1. The third-order valence-electron chi connectivity index (χ3n) is 5.14. The predicted molar refractivity (Wildman–Crippen MR) is 127 cm³/mol. The van der Waals surface area contributed by atoms with Gasteiger partial charge in [0, 0.05) is 0 Å². The van der Waals surface area contributed by atoms with Crippen LogP contribution in [-0.2, 0) is 35.8 Å². The van der Waals surface area contributed by atoms with E-state index in [0.717, 1.165) is 0 Å². The van der Waals surface area contributed by atoms with Crippen molar-refractivity contribution in [3.05, 3.63) is 35.9 Å². The molecule has 0 radical (unpaired) electrons. The van der Waals surface area contributed by atoms with Crippen LogP contribution in [0.3, 0.4) is 0 Å². The van der Waals surface area contributed by atoms with Gasteiger partial charge in [-0.05, 0) is 37.2 Å². The predicted octanol–water partition coefficient (Wildman–Crippen LogP) is -2.62. The molecule has 0 saturated heterocycles. The maximum Gasteiger partial charge on any atom is 1.00 e. The van der Waals surface area contributed by atoms with Gasteiger partial charge in [-0.25, -0.2) is 13.2 Å². The van der Waals surface area contributed by atoms with Crippen molar-refractivity contribution in [2.24, 2.45) is 17.6 Å². The number of hydrogen-bond acceptors (Lipinski definition) is 9. The molecule has 0 spiro atoms. The molecule has 0 bridgehead atoms. The number of carbonyl (C=O) groups excluding carboxylic acids is 3. The van der Waals surface area contributed by atoms with E-state index in [9.17, 15) is 32.5 Å². The van der Waals surface area contributed by atoms with Gasteiger partial charge in [0.15, 0.2) is 0 Å². The first-order chi connectivity index (χ1) is 16.1. The molecule has 1 aromatic carbocycles. The molecule has 0 aromatic heterocycles. The molecule has 1 rings (SSSR count). The second kappa shape index (κ2) is 15.0. The van der Waals surface area contributed by atoms with Gasteiger partial charge in [-0.2, -0.15) is 0 Å². The molecule has 198 valence electrons. The average molecular weight is 538 g/mol. The number of benzene rings is 1. The second-order valence-corrected chi connectivity index (χ2v) is 10.9. The van der Waals surface area contributed by atoms with E-state index in [-0.39, 0.29) is 54.2 Å². The molecule has 5 N–H and O–H groups in total. The van der Waals surface area contributed by atoms with E-state index in [1.165, 1.54) is 6.92 Å². The van der Waals surface area contributed by atoms with Gasteiger partial charge in [0.2, 0.25) is 11.8 Å². The Balaban J connectivity index is 0.0000122. The van der Waals surface area contributed by atoms with Crippen LogP contribution in [0.5, 0.6) is 0 Å². The van der Waals surface area contributed by atoms with Crippen molar-refractivity contribution in [3.8, 4) is 0 Å². The smallest absolute Gasteiger partial charge is 0.745 e. The van der Waals surface area contributed by atoms with Gasteiger partial charge in [-0.1, -0.05) is 58.0 Å². The molecule has 0 saturated carbocycles. The van der Waals surface area contributed by atoms with E-state index in [2.05, 4.69) is 10.6 Å². The van der Waals surface area contributed by atoms with Gasteiger partial charge in [-0.15, -0.1) is 0 Å². The van der Waals surface area contributed by atoms with Crippen molar-refractivity contribution in [1.82, 2.24) is 10.6 Å². The van der Waals surface area contributed by atoms with Crippen molar-refractivity contribution in [2.45, 2.75) is 77.1 Å². The Morgan fingerprint density at radius 1 is 1.00 bits per heavy atom. The van der Waals surface area contributed by atoms with E-state index >= 15 is 0 Å². The van der Waals surface area contributed by atoms with Crippen LogP contribution in [0.15, 0.2) is 30.3 Å². The summed E-state index contributed by atoms with van der Waals surface area (Å²) in [5.41, 5.74) is 6.06. The minimum absolute atomic E-state index is 0. The van der Waals surface area contributed by atoms with Crippen LogP contribution in [0.25, 0.3) is 0 Å². The standard InChI is InChI=1S/C23H37N3O8S.Na/c1-14(2)11-18(25-20(27)16(5)24)21(28)26-19(12-15(3)4)23(30,35(31,32)33)22(29)34-13-17-9-7-6-8-10-17;/h6-10,14-16,18-19,30H,11-13,24H2,1-5H3,(H,25,27)(H,26,28)(H,31,32,33);/q;+1/p-1/t16-,18-,19?,23?;/m0./s1. The number of rotatable bonds is 13. The Labute approximate surface area is 235 Å². The van der Waals surface area contributed by atoms with Crippen LogP contribution in [0, 0.1) is 11.8 Å². The number of hydrogen-bond donors (Lipinski definition) is 4. The van der Waals surface area contributed by atoms with Gasteiger partial charge < -0.3 is 30.8 Å². The summed E-state index contributed by atoms with van der Waals surface area (Å²) in [5, 5.41) is 15.8. The van der Waals surface area contributed by atoms with Gasteiger partial charge in [-0.3, -0.25) is 9.59 Å². The molecule has 1 aromatic rings. The molecule has 36 heavy (non-hydrogen) atoms. The summed E-state index contributed by atoms with van der Waals surface area (Å²) in [6, 6.07) is 4.32. The molecule has 2 amide bonds. The van der Waals surface area contributed by atoms with Crippen molar-refractivity contribution in [3.63, 3.8) is 0 Å². The Morgan fingerprint density at radius 2 is 1.53 bits per heavy atom. The SMILES string of the molecule is CC(C)CC(NC(=O)[C@H](CC(C)C)NC(=O)[C@H](C)N)C(O)(C(=O)OCc1ccccc1)S(=O)(=O)[O-].[Na+]. The molecule has 0 aliphatic rings. The molecule has 0 heterocycles. The molecule has 4 atom stereocenters. The first-order valence-corrected chi connectivity index (χ1v) is 12.8. The largest absolute Gasteiger partial charge is 1.00 e. The summed E-state index contributed by atoms with van der Waals surface area (Å²) >= 11 is 0. The average Bonchev–Trinajstić information content (AvgIpc) is 2.74. The van der Waals surface area contributed by atoms with E-state index in [0.29, 0.717) is 5.56 Å². The summed E-state index contributed by atoms with van der Waals surface area (Å²) in [4.78, 5) is 34.4. The minimum atomic E-state index is -5.73. The molecule has 0 aliphatic carbocycles. The van der Waals surface area contributed by atoms with E-state index in [4.69, 9.17) is 10.5 Å². The number of ether oxygens (including phenoxy) is 1. The van der Waals surface area contributed by atoms with E-state index in [1.54, 1.807) is 58.0 Å². The van der Waals surface area contributed by atoms with E-state index < -0.39 is 57.6 Å². The fourth-order valence-electron chi connectivity index (χ4n) is 3.31. The zero-order valence-corrected chi connectivity index (χ0v) is 24.5. The zero-order valence-electron chi connectivity index (χ0n) is 21.7. The Hall–Kier alpha value is -1.54. The number of nitrogens with one attached hydrogen (secondary N) is 2. The molecule has 13 heteroatoms. The number of nitrogens with two attached hydrogens (primary N) is 1. The number of aliphatic hydroxyl groups is 1. The fraction of sp³-hybridized carbons (Fsp3) is 0.609. The Bertz CT molecular complexity index is 973. The van der Waals surface area contributed by atoms with Crippen LogP contribution < -0.4 is 45.9 Å². The summed E-state index contributed by atoms with van der Waals surface area (Å²) in [6.45, 7) is 7.91. The van der Waals surface area contributed by atoms with Gasteiger partial charge in [0.1, 0.15) is 22.8 Å².